The molecule has 0 unspecified atom stereocenters. The predicted octanol–water partition coefficient (Wildman–Crippen LogP) is 7.97. The average molecular weight is 477 g/mol. The zero-order chi connectivity index (χ0) is 24.9. The zero-order valence-corrected chi connectivity index (χ0v) is 21.5. The van der Waals surface area contributed by atoms with Gasteiger partial charge in [0.25, 0.3) is 0 Å². The number of unbranched alkanes of at least 4 members (excludes halogenated alkanes) is 12. The Morgan fingerprint density at radius 1 is 0.676 bits per heavy atom. The van der Waals surface area contributed by atoms with Crippen molar-refractivity contribution in [3.05, 3.63) is 29.3 Å². The molecule has 0 aliphatic rings. The summed E-state index contributed by atoms with van der Waals surface area (Å²) in [5.41, 5.74) is 2.80. The molecule has 1 aromatic carbocycles. The zero-order valence-electron chi connectivity index (χ0n) is 21.5. The number of carboxylic acids is 2. The van der Waals surface area contributed by atoms with Gasteiger partial charge in [0.15, 0.2) is 0 Å². The largest absolute Gasteiger partial charge is 0.493 e. The van der Waals surface area contributed by atoms with E-state index in [0.29, 0.717) is 0 Å². The monoisotopic (exact) mass is 476 g/mol. The molecule has 0 aliphatic heterocycles. The number of ether oxygens (including phenoxy) is 1. The summed E-state index contributed by atoms with van der Waals surface area (Å²) < 4.78 is 6.20. The molecule has 0 saturated carbocycles. The van der Waals surface area contributed by atoms with E-state index >= 15 is 0 Å². The molecular weight excluding hydrogens is 428 g/mol. The average Bonchev–Trinajstić information content (AvgIpc) is 2.80. The van der Waals surface area contributed by atoms with Gasteiger partial charge in [0.1, 0.15) is 5.75 Å². The summed E-state index contributed by atoms with van der Waals surface area (Å²) in [7, 11) is 0. The van der Waals surface area contributed by atoms with Crippen molar-refractivity contribution in [3.63, 3.8) is 0 Å². The molecular formula is C29H48O5. The molecule has 0 radical (unpaired) electrons. The van der Waals surface area contributed by atoms with E-state index in [2.05, 4.69) is 25.1 Å². The molecule has 0 heterocycles. The summed E-state index contributed by atoms with van der Waals surface area (Å²) in [6, 6.07) is 6.51. The van der Waals surface area contributed by atoms with Gasteiger partial charge < -0.3 is 14.9 Å². The fraction of sp³-hybridized carbons (Fsp3) is 0.724. The van der Waals surface area contributed by atoms with Crippen LogP contribution in [0.1, 0.15) is 127 Å². The highest BCUT2D eigenvalue weighted by Crippen LogP contribution is 2.27. The van der Waals surface area contributed by atoms with E-state index in [9.17, 15) is 9.59 Å². The van der Waals surface area contributed by atoms with E-state index in [1.807, 2.05) is 0 Å². The van der Waals surface area contributed by atoms with Crippen LogP contribution in [0.15, 0.2) is 18.2 Å². The smallest absolute Gasteiger partial charge is 0.303 e. The van der Waals surface area contributed by atoms with Crippen LogP contribution in [-0.4, -0.2) is 28.8 Å². The Morgan fingerprint density at radius 3 is 1.76 bits per heavy atom. The number of aryl methyl sites for hydroxylation is 1. The predicted molar refractivity (Wildman–Crippen MR) is 139 cm³/mol. The fourth-order valence-electron chi connectivity index (χ4n) is 4.38. The van der Waals surface area contributed by atoms with Crippen LogP contribution in [-0.2, 0) is 22.4 Å². The Morgan fingerprint density at radius 2 is 1.21 bits per heavy atom. The molecule has 5 heteroatoms. The maximum atomic E-state index is 10.6. The molecule has 0 atom stereocenters. The third-order valence-corrected chi connectivity index (χ3v) is 6.39. The van der Waals surface area contributed by atoms with Crippen LogP contribution in [0.25, 0.3) is 0 Å². The number of carbonyl (C=O) groups is 2. The molecule has 0 bridgehead atoms. The van der Waals surface area contributed by atoms with Gasteiger partial charge in [-0.3, -0.25) is 9.59 Å². The highest BCUT2D eigenvalue weighted by Gasteiger charge is 2.10. The standard InChI is InChI=1S/C29H48O5/c1-2-3-16-24-34-27-21-17-19-25(18-12-8-4-6-10-14-22-28(30)31)26(27)20-13-9-5-7-11-15-23-29(32)33/h17,19,21H,2-16,18,20,22-24H2,1H3,(H,30,31)(H,32,33). The molecule has 1 aromatic rings. The van der Waals surface area contributed by atoms with E-state index in [1.54, 1.807) is 0 Å². The lowest BCUT2D eigenvalue weighted by molar-refractivity contribution is -0.138. The molecule has 0 saturated heterocycles. The lowest BCUT2D eigenvalue weighted by atomic mass is 9.95. The Hall–Kier alpha value is -2.04. The summed E-state index contributed by atoms with van der Waals surface area (Å²) in [5.74, 6) is -0.326. The van der Waals surface area contributed by atoms with Crippen molar-refractivity contribution in [2.24, 2.45) is 0 Å². The molecule has 0 aliphatic carbocycles. The van der Waals surface area contributed by atoms with E-state index in [-0.39, 0.29) is 12.8 Å². The van der Waals surface area contributed by atoms with Gasteiger partial charge in [-0.05, 0) is 62.1 Å². The number of carboxylic acid groups (broad SMARTS) is 2. The lowest BCUT2D eigenvalue weighted by Crippen LogP contribution is -2.04. The first-order valence-corrected chi connectivity index (χ1v) is 13.7. The molecule has 0 fully saturated rings. The Bertz CT molecular complexity index is 670. The second kappa shape index (κ2) is 20.3. The molecule has 34 heavy (non-hydrogen) atoms. The van der Waals surface area contributed by atoms with E-state index in [1.165, 1.54) is 43.2 Å². The summed E-state index contributed by atoms with van der Waals surface area (Å²) in [6.45, 7) is 2.99. The van der Waals surface area contributed by atoms with Crippen LogP contribution >= 0.6 is 0 Å². The van der Waals surface area contributed by atoms with Crippen LogP contribution in [0.4, 0.5) is 0 Å². The van der Waals surface area contributed by atoms with Gasteiger partial charge in [-0.2, -0.15) is 0 Å². The number of rotatable bonds is 23. The maximum Gasteiger partial charge on any atom is 0.303 e. The normalized spacial score (nSPS) is 11.0. The van der Waals surface area contributed by atoms with Gasteiger partial charge in [-0.25, -0.2) is 0 Å². The Kier molecular flexibility index (Phi) is 17.9. The number of benzene rings is 1. The van der Waals surface area contributed by atoms with Crippen molar-refractivity contribution in [1.82, 2.24) is 0 Å². The molecule has 0 spiro atoms. The Labute approximate surface area is 207 Å². The first kappa shape index (κ1) is 30.0. The topological polar surface area (TPSA) is 83.8 Å². The van der Waals surface area contributed by atoms with E-state index in [0.717, 1.165) is 89.4 Å². The van der Waals surface area contributed by atoms with Crippen LogP contribution in [0.3, 0.4) is 0 Å². The van der Waals surface area contributed by atoms with Gasteiger partial charge in [0, 0.05) is 12.8 Å². The van der Waals surface area contributed by atoms with Crippen molar-refractivity contribution in [3.8, 4) is 5.75 Å². The van der Waals surface area contributed by atoms with E-state index < -0.39 is 11.9 Å². The van der Waals surface area contributed by atoms with Gasteiger partial charge in [-0.15, -0.1) is 0 Å². The first-order chi connectivity index (χ1) is 16.5. The number of aliphatic carboxylic acids is 2. The molecule has 5 nitrogen and oxygen atoms in total. The second-order valence-corrected chi connectivity index (χ2v) is 9.48. The molecule has 0 amide bonds. The maximum absolute atomic E-state index is 10.6. The summed E-state index contributed by atoms with van der Waals surface area (Å²) >= 11 is 0. The third-order valence-electron chi connectivity index (χ3n) is 6.39. The third kappa shape index (κ3) is 15.7. The minimum Gasteiger partial charge on any atom is -0.493 e. The molecule has 194 valence electrons. The summed E-state index contributed by atoms with van der Waals surface area (Å²) in [6.07, 6.45) is 19.0. The lowest BCUT2D eigenvalue weighted by Gasteiger charge is -2.16. The quantitative estimate of drug-likeness (QED) is 0.156. The first-order valence-electron chi connectivity index (χ1n) is 13.7. The van der Waals surface area contributed by atoms with Crippen molar-refractivity contribution >= 4 is 11.9 Å². The van der Waals surface area contributed by atoms with E-state index in [4.69, 9.17) is 14.9 Å². The van der Waals surface area contributed by atoms with Crippen LogP contribution in [0.5, 0.6) is 5.75 Å². The van der Waals surface area contributed by atoms with Crippen molar-refractivity contribution < 1.29 is 24.5 Å². The number of hydrogen-bond acceptors (Lipinski definition) is 3. The fourth-order valence-corrected chi connectivity index (χ4v) is 4.38. The molecule has 1 rings (SSSR count). The van der Waals surface area contributed by atoms with Gasteiger partial charge in [-0.1, -0.05) is 83.3 Å². The van der Waals surface area contributed by atoms with Crippen LogP contribution in [0, 0.1) is 0 Å². The Balaban J connectivity index is 2.46. The SMILES string of the molecule is CCCCCOc1cccc(CCCCCCCCC(=O)O)c1CCCCCCCCC(=O)O. The van der Waals surface area contributed by atoms with Crippen molar-refractivity contribution in [2.45, 2.75) is 129 Å². The highest BCUT2D eigenvalue weighted by atomic mass is 16.5. The highest BCUT2D eigenvalue weighted by molar-refractivity contribution is 5.66. The molecule has 2 N–H and O–H groups in total. The minimum atomic E-state index is -0.693. The summed E-state index contributed by atoms with van der Waals surface area (Å²) in [4.78, 5) is 21.2. The van der Waals surface area contributed by atoms with Gasteiger partial charge in [0.05, 0.1) is 6.61 Å². The number of hydrogen-bond donors (Lipinski definition) is 2. The van der Waals surface area contributed by atoms with Crippen LogP contribution < -0.4 is 4.74 Å². The second-order valence-electron chi connectivity index (χ2n) is 9.48. The molecule has 0 aromatic heterocycles. The van der Waals surface area contributed by atoms with Gasteiger partial charge >= 0.3 is 11.9 Å². The van der Waals surface area contributed by atoms with Crippen molar-refractivity contribution in [2.75, 3.05) is 6.61 Å². The van der Waals surface area contributed by atoms with Gasteiger partial charge in [0.2, 0.25) is 0 Å². The van der Waals surface area contributed by atoms with Crippen LogP contribution in [0.2, 0.25) is 0 Å². The van der Waals surface area contributed by atoms with Crippen molar-refractivity contribution in [1.29, 1.82) is 0 Å². The minimum absolute atomic E-state index is 0.286. The summed E-state index contributed by atoms with van der Waals surface area (Å²) in [5, 5.41) is 17.5.